The molecule has 0 aliphatic carbocycles. The lowest BCUT2D eigenvalue weighted by atomic mass is 10.1. The molecule has 1 unspecified atom stereocenters. The van der Waals surface area contributed by atoms with Crippen LogP contribution < -0.4 is 5.73 Å². The SMILES string of the molecule is CCCCCCCCC(N)CS(=O)(=O)F. The van der Waals surface area contributed by atoms with Gasteiger partial charge in [-0.1, -0.05) is 45.4 Å². The monoisotopic (exact) mass is 239 g/mol. The van der Waals surface area contributed by atoms with E-state index in [4.69, 9.17) is 5.73 Å². The van der Waals surface area contributed by atoms with Crippen LogP contribution in [0.4, 0.5) is 3.89 Å². The minimum absolute atomic E-state index is 0.540. The van der Waals surface area contributed by atoms with Gasteiger partial charge in [0.05, 0.1) is 5.75 Å². The minimum atomic E-state index is -4.40. The highest BCUT2D eigenvalue weighted by Gasteiger charge is 2.13. The van der Waals surface area contributed by atoms with E-state index in [1.807, 2.05) is 0 Å². The first kappa shape index (κ1) is 14.8. The summed E-state index contributed by atoms with van der Waals surface area (Å²) in [5, 5.41) is 0. The molecular weight excluding hydrogens is 217 g/mol. The van der Waals surface area contributed by atoms with Crippen LogP contribution in [0, 0.1) is 0 Å². The summed E-state index contributed by atoms with van der Waals surface area (Å²) in [6.45, 7) is 2.15. The van der Waals surface area contributed by atoms with Crippen molar-refractivity contribution in [3.05, 3.63) is 0 Å². The van der Waals surface area contributed by atoms with Crippen molar-refractivity contribution in [3.8, 4) is 0 Å². The molecular formula is C10H22FNO2S. The van der Waals surface area contributed by atoms with Crippen molar-refractivity contribution in [2.45, 2.75) is 57.9 Å². The number of hydrogen-bond donors (Lipinski definition) is 1. The second-order valence-electron chi connectivity index (χ2n) is 4.02. The second kappa shape index (κ2) is 8.05. The Morgan fingerprint density at radius 3 is 2.20 bits per heavy atom. The van der Waals surface area contributed by atoms with Crippen molar-refractivity contribution in [2.75, 3.05) is 5.75 Å². The van der Waals surface area contributed by atoms with Crippen molar-refractivity contribution in [1.29, 1.82) is 0 Å². The molecule has 3 nitrogen and oxygen atoms in total. The summed E-state index contributed by atoms with van der Waals surface area (Å²) in [5.74, 6) is -0.540. The van der Waals surface area contributed by atoms with Gasteiger partial charge < -0.3 is 5.73 Å². The van der Waals surface area contributed by atoms with E-state index in [2.05, 4.69) is 6.92 Å². The van der Waals surface area contributed by atoms with Crippen LogP contribution in [0.15, 0.2) is 0 Å². The van der Waals surface area contributed by atoms with Gasteiger partial charge in [-0.2, -0.15) is 8.42 Å². The molecule has 0 aromatic rings. The van der Waals surface area contributed by atoms with Gasteiger partial charge in [0.1, 0.15) is 0 Å². The van der Waals surface area contributed by atoms with Gasteiger partial charge in [-0.15, -0.1) is 3.89 Å². The molecule has 0 aliphatic rings. The molecule has 2 N–H and O–H groups in total. The Morgan fingerprint density at radius 2 is 1.67 bits per heavy atom. The predicted octanol–water partition coefficient (Wildman–Crippen LogP) is 2.36. The van der Waals surface area contributed by atoms with Gasteiger partial charge in [-0.3, -0.25) is 0 Å². The molecule has 15 heavy (non-hydrogen) atoms. The summed E-state index contributed by atoms with van der Waals surface area (Å²) in [4.78, 5) is 0. The molecule has 0 bridgehead atoms. The molecule has 0 rings (SSSR count). The summed E-state index contributed by atoms with van der Waals surface area (Å²) >= 11 is 0. The molecule has 0 radical (unpaired) electrons. The molecule has 0 amide bonds. The third-order valence-corrected chi connectivity index (χ3v) is 3.17. The Morgan fingerprint density at radius 1 is 1.13 bits per heavy atom. The highest BCUT2D eigenvalue weighted by Crippen LogP contribution is 2.09. The normalized spacial score (nSPS) is 14.1. The topological polar surface area (TPSA) is 60.2 Å². The molecule has 0 heterocycles. The van der Waals surface area contributed by atoms with E-state index >= 15 is 0 Å². The van der Waals surface area contributed by atoms with Crippen molar-refractivity contribution in [3.63, 3.8) is 0 Å². The van der Waals surface area contributed by atoms with E-state index in [0.717, 1.165) is 19.3 Å². The maximum absolute atomic E-state index is 12.2. The zero-order valence-corrected chi connectivity index (χ0v) is 10.2. The van der Waals surface area contributed by atoms with Crippen LogP contribution in [0.2, 0.25) is 0 Å². The van der Waals surface area contributed by atoms with E-state index in [1.54, 1.807) is 0 Å². The fourth-order valence-electron chi connectivity index (χ4n) is 1.53. The molecule has 0 saturated heterocycles. The summed E-state index contributed by atoms with van der Waals surface area (Å²) in [7, 11) is -4.40. The Hall–Kier alpha value is -0.160. The average molecular weight is 239 g/mol. The standard InChI is InChI=1S/C10H22FNO2S/c1-2-3-4-5-6-7-8-10(12)9-15(11,13)14/h10H,2-9,12H2,1H3. The van der Waals surface area contributed by atoms with Crippen LogP contribution in [0.25, 0.3) is 0 Å². The summed E-state index contributed by atoms with van der Waals surface area (Å²) in [6.07, 6.45) is 7.36. The smallest absolute Gasteiger partial charge is 0.303 e. The lowest BCUT2D eigenvalue weighted by Gasteiger charge is -2.08. The number of nitrogens with two attached hydrogens (primary N) is 1. The van der Waals surface area contributed by atoms with E-state index in [9.17, 15) is 12.3 Å². The van der Waals surface area contributed by atoms with Crippen molar-refractivity contribution < 1.29 is 12.3 Å². The molecule has 5 heteroatoms. The lowest BCUT2D eigenvalue weighted by Crippen LogP contribution is -2.27. The van der Waals surface area contributed by atoms with E-state index < -0.39 is 22.0 Å². The van der Waals surface area contributed by atoms with Gasteiger partial charge in [0.25, 0.3) is 0 Å². The first-order chi connectivity index (χ1) is 6.95. The zero-order valence-electron chi connectivity index (χ0n) is 9.41. The Labute approximate surface area is 92.5 Å². The number of rotatable bonds is 9. The minimum Gasteiger partial charge on any atom is -0.327 e. The summed E-state index contributed by atoms with van der Waals surface area (Å²) < 4.78 is 32.7. The van der Waals surface area contributed by atoms with Gasteiger partial charge >= 0.3 is 10.2 Å². The first-order valence-electron chi connectivity index (χ1n) is 5.63. The van der Waals surface area contributed by atoms with Crippen LogP contribution in [0.3, 0.4) is 0 Å². The highest BCUT2D eigenvalue weighted by atomic mass is 32.3. The van der Waals surface area contributed by atoms with Crippen LogP contribution in [0.5, 0.6) is 0 Å². The van der Waals surface area contributed by atoms with Gasteiger partial charge in [-0.25, -0.2) is 0 Å². The number of unbranched alkanes of at least 4 members (excludes halogenated alkanes) is 5. The molecule has 0 aromatic heterocycles. The Bertz CT molecular complexity index is 242. The quantitative estimate of drug-likeness (QED) is 0.496. The molecule has 0 saturated carbocycles. The van der Waals surface area contributed by atoms with Gasteiger partial charge in [-0.05, 0) is 6.42 Å². The van der Waals surface area contributed by atoms with Gasteiger partial charge in [0, 0.05) is 6.04 Å². The van der Waals surface area contributed by atoms with Crippen LogP contribution in [-0.4, -0.2) is 20.2 Å². The largest absolute Gasteiger partial charge is 0.327 e. The van der Waals surface area contributed by atoms with Crippen LogP contribution >= 0.6 is 0 Å². The molecule has 92 valence electrons. The molecule has 1 atom stereocenters. The van der Waals surface area contributed by atoms with Gasteiger partial charge in [0.2, 0.25) is 0 Å². The van der Waals surface area contributed by atoms with E-state index in [1.165, 1.54) is 19.3 Å². The Kier molecular flexibility index (Phi) is 7.96. The fraction of sp³-hybridized carbons (Fsp3) is 1.00. The first-order valence-corrected chi connectivity index (χ1v) is 7.19. The second-order valence-corrected chi connectivity index (χ2v) is 5.43. The number of halogens is 1. The van der Waals surface area contributed by atoms with Crippen molar-refractivity contribution >= 4 is 10.2 Å². The highest BCUT2D eigenvalue weighted by molar-refractivity contribution is 7.86. The molecule has 0 fully saturated rings. The maximum Gasteiger partial charge on any atom is 0.303 e. The van der Waals surface area contributed by atoms with E-state index in [-0.39, 0.29) is 0 Å². The third kappa shape index (κ3) is 11.8. The third-order valence-electron chi connectivity index (χ3n) is 2.34. The Balaban J connectivity index is 3.36. The predicted molar refractivity (Wildman–Crippen MR) is 60.9 cm³/mol. The lowest BCUT2D eigenvalue weighted by molar-refractivity contribution is 0.522. The van der Waals surface area contributed by atoms with Crippen LogP contribution in [0.1, 0.15) is 51.9 Å². The number of hydrogen-bond acceptors (Lipinski definition) is 3. The van der Waals surface area contributed by atoms with Crippen molar-refractivity contribution in [2.24, 2.45) is 5.73 Å². The molecule has 0 spiro atoms. The van der Waals surface area contributed by atoms with Gasteiger partial charge in [0.15, 0.2) is 0 Å². The van der Waals surface area contributed by atoms with Crippen molar-refractivity contribution in [1.82, 2.24) is 0 Å². The zero-order chi connectivity index (χ0) is 11.7. The van der Waals surface area contributed by atoms with E-state index in [0.29, 0.717) is 6.42 Å². The summed E-state index contributed by atoms with van der Waals surface area (Å²) in [5.41, 5.74) is 5.48. The maximum atomic E-state index is 12.2. The van der Waals surface area contributed by atoms with Crippen LogP contribution in [-0.2, 0) is 10.2 Å². The summed E-state index contributed by atoms with van der Waals surface area (Å²) in [6, 6.07) is -0.550. The molecule has 0 aromatic carbocycles. The molecule has 0 aliphatic heterocycles. The average Bonchev–Trinajstić information content (AvgIpc) is 2.08. The fourth-order valence-corrected chi connectivity index (χ4v) is 2.20.